The van der Waals surface area contributed by atoms with E-state index in [0.29, 0.717) is 11.5 Å². The minimum atomic E-state index is -0.646. The normalized spacial score (nSPS) is 21.3. The molecule has 0 aliphatic carbocycles. The van der Waals surface area contributed by atoms with Crippen LogP contribution in [0.25, 0.3) is 0 Å². The molecule has 1 aliphatic heterocycles. The molecule has 6 heteroatoms. The number of carbonyl (C=O) groups excluding carboxylic acids is 2. The Bertz CT molecular complexity index is 798. The summed E-state index contributed by atoms with van der Waals surface area (Å²) in [6.45, 7) is 2.70. The van der Waals surface area contributed by atoms with E-state index in [1.807, 2.05) is 24.3 Å². The number of rotatable bonds is 4. The zero-order valence-corrected chi connectivity index (χ0v) is 14.8. The molecular formula is C20H20O6. The van der Waals surface area contributed by atoms with Gasteiger partial charge >= 0.3 is 11.9 Å². The molecule has 0 unspecified atom stereocenters. The topological polar surface area (TPSA) is 71.1 Å². The average molecular weight is 356 g/mol. The number of methoxy groups -OCH3 is 1. The molecule has 3 rings (SSSR count). The van der Waals surface area contributed by atoms with E-state index in [1.54, 1.807) is 31.4 Å². The maximum atomic E-state index is 11.6. The van der Waals surface area contributed by atoms with Gasteiger partial charge in [0.25, 0.3) is 0 Å². The van der Waals surface area contributed by atoms with Crippen molar-refractivity contribution < 1.29 is 28.5 Å². The Hall–Kier alpha value is -2.86. The van der Waals surface area contributed by atoms with Gasteiger partial charge in [-0.3, -0.25) is 9.59 Å². The molecule has 0 N–H and O–H groups in total. The van der Waals surface area contributed by atoms with Crippen molar-refractivity contribution in [2.24, 2.45) is 0 Å². The Morgan fingerprint density at radius 3 is 2.27 bits per heavy atom. The molecule has 0 amide bonds. The van der Waals surface area contributed by atoms with E-state index in [9.17, 15) is 9.59 Å². The van der Waals surface area contributed by atoms with Crippen molar-refractivity contribution in [3.8, 4) is 11.5 Å². The largest absolute Gasteiger partial charge is 0.481 e. The van der Waals surface area contributed by atoms with Crippen molar-refractivity contribution in [3.63, 3.8) is 0 Å². The van der Waals surface area contributed by atoms with Crippen molar-refractivity contribution in [1.82, 2.24) is 0 Å². The van der Waals surface area contributed by atoms with E-state index in [4.69, 9.17) is 18.9 Å². The lowest BCUT2D eigenvalue weighted by atomic mass is 9.92. The third-order valence-electron chi connectivity index (χ3n) is 4.10. The van der Waals surface area contributed by atoms with Crippen LogP contribution in [0.3, 0.4) is 0 Å². The third kappa shape index (κ3) is 3.70. The molecule has 0 aromatic heterocycles. The Kier molecular flexibility index (Phi) is 5.23. The van der Waals surface area contributed by atoms with E-state index in [2.05, 4.69) is 0 Å². The number of hydrogen-bond donors (Lipinski definition) is 0. The van der Waals surface area contributed by atoms with Crippen LogP contribution < -0.4 is 9.47 Å². The lowest BCUT2D eigenvalue weighted by Gasteiger charge is -2.38. The van der Waals surface area contributed by atoms with Gasteiger partial charge in [0.2, 0.25) is 0 Å². The maximum Gasteiger partial charge on any atom is 0.308 e. The molecule has 136 valence electrons. The third-order valence-corrected chi connectivity index (χ3v) is 4.10. The first-order chi connectivity index (χ1) is 12.5. The van der Waals surface area contributed by atoms with Crippen molar-refractivity contribution in [1.29, 1.82) is 0 Å². The second-order valence-electron chi connectivity index (χ2n) is 5.97. The molecule has 3 atom stereocenters. The molecule has 0 bridgehead atoms. The van der Waals surface area contributed by atoms with E-state index in [-0.39, 0.29) is 0 Å². The molecule has 0 radical (unpaired) electrons. The summed E-state index contributed by atoms with van der Waals surface area (Å²) < 4.78 is 22.3. The molecule has 0 saturated heterocycles. The number of carbonyl (C=O) groups is 2. The molecule has 26 heavy (non-hydrogen) atoms. The highest BCUT2D eigenvalue weighted by Gasteiger charge is 2.41. The first kappa shape index (κ1) is 17.9. The monoisotopic (exact) mass is 356 g/mol. The Morgan fingerprint density at radius 1 is 0.962 bits per heavy atom. The van der Waals surface area contributed by atoms with Crippen LogP contribution in [0.5, 0.6) is 11.5 Å². The fraction of sp³-hybridized carbons (Fsp3) is 0.300. The average Bonchev–Trinajstić information content (AvgIpc) is 2.61. The van der Waals surface area contributed by atoms with Gasteiger partial charge in [-0.05, 0) is 23.8 Å². The van der Waals surface area contributed by atoms with Crippen LogP contribution in [0.15, 0.2) is 48.5 Å². The summed E-state index contributed by atoms with van der Waals surface area (Å²) in [5.41, 5.74) is 1.61. The second kappa shape index (κ2) is 7.58. The van der Waals surface area contributed by atoms with Crippen LogP contribution in [0.1, 0.15) is 37.2 Å². The lowest BCUT2D eigenvalue weighted by Crippen LogP contribution is -2.38. The molecule has 0 spiro atoms. The van der Waals surface area contributed by atoms with Gasteiger partial charge in [0, 0.05) is 26.5 Å². The van der Waals surface area contributed by atoms with Crippen molar-refractivity contribution >= 4 is 11.9 Å². The highest BCUT2D eigenvalue weighted by atomic mass is 16.6. The summed E-state index contributed by atoms with van der Waals surface area (Å²) in [5, 5.41) is 0. The number of ether oxygens (including phenoxy) is 4. The summed E-state index contributed by atoms with van der Waals surface area (Å²) >= 11 is 0. The van der Waals surface area contributed by atoms with E-state index in [1.165, 1.54) is 13.8 Å². The van der Waals surface area contributed by atoms with Gasteiger partial charge in [-0.15, -0.1) is 0 Å². The lowest BCUT2D eigenvalue weighted by molar-refractivity contribution is -0.167. The van der Waals surface area contributed by atoms with Gasteiger partial charge in [-0.2, -0.15) is 0 Å². The Labute approximate surface area is 151 Å². The Balaban J connectivity index is 1.97. The van der Waals surface area contributed by atoms with E-state index < -0.39 is 30.3 Å². The molecule has 0 saturated carbocycles. The van der Waals surface area contributed by atoms with Crippen molar-refractivity contribution in [3.05, 3.63) is 59.7 Å². The van der Waals surface area contributed by atoms with Gasteiger partial charge in [-0.25, -0.2) is 0 Å². The minimum absolute atomic E-state index is 0.391. The first-order valence-corrected chi connectivity index (χ1v) is 8.23. The summed E-state index contributed by atoms with van der Waals surface area (Å²) in [4.78, 5) is 22.7. The van der Waals surface area contributed by atoms with Crippen molar-refractivity contribution in [2.45, 2.75) is 32.2 Å². The molecule has 2 aromatic rings. The maximum absolute atomic E-state index is 11.6. The van der Waals surface area contributed by atoms with Gasteiger partial charge in [0.15, 0.2) is 12.2 Å². The zero-order valence-electron chi connectivity index (χ0n) is 14.8. The quantitative estimate of drug-likeness (QED) is 0.618. The summed E-state index contributed by atoms with van der Waals surface area (Å²) in [6.07, 6.45) is -1.65. The number of fused-ring (bicyclic) bond motifs is 1. The van der Waals surface area contributed by atoms with Crippen LogP contribution in [-0.2, 0) is 19.1 Å². The van der Waals surface area contributed by atoms with E-state index in [0.717, 1.165) is 11.1 Å². The van der Waals surface area contributed by atoms with Crippen LogP contribution in [0.2, 0.25) is 0 Å². The van der Waals surface area contributed by atoms with Crippen LogP contribution in [0.4, 0.5) is 0 Å². The van der Waals surface area contributed by atoms with Gasteiger partial charge in [0.05, 0.1) is 0 Å². The summed E-state index contributed by atoms with van der Waals surface area (Å²) in [6, 6.07) is 14.4. The second-order valence-corrected chi connectivity index (χ2v) is 5.97. The molecule has 1 aliphatic rings. The molecule has 1 heterocycles. The SMILES string of the molecule is CO[C@@H]1c2ccccc2O[C@H](c2ccc(OC(C)=O)cc2)[C@H]1OC(C)=O. The minimum Gasteiger partial charge on any atom is -0.481 e. The van der Waals surface area contributed by atoms with Crippen LogP contribution in [-0.4, -0.2) is 25.2 Å². The predicted octanol–water partition coefficient (Wildman–Crippen LogP) is 3.36. The highest BCUT2D eigenvalue weighted by Crippen LogP contribution is 2.44. The fourth-order valence-electron chi connectivity index (χ4n) is 3.09. The highest BCUT2D eigenvalue weighted by molar-refractivity contribution is 5.69. The van der Waals surface area contributed by atoms with Gasteiger partial charge in [-0.1, -0.05) is 30.3 Å². The summed E-state index contributed by atoms with van der Waals surface area (Å²) in [7, 11) is 1.57. The van der Waals surface area contributed by atoms with Crippen molar-refractivity contribution in [2.75, 3.05) is 7.11 Å². The van der Waals surface area contributed by atoms with Crippen LogP contribution >= 0.6 is 0 Å². The van der Waals surface area contributed by atoms with Crippen LogP contribution in [0, 0.1) is 0 Å². The fourth-order valence-corrected chi connectivity index (χ4v) is 3.09. The summed E-state index contributed by atoms with van der Waals surface area (Å²) in [5.74, 6) is 0.306. The van der Waals surface area contributed by atoms with Gasteiger partial charge in [0.1, 0.15) is 17.6 Å². The first-order valence-electron chi connectivity index (χ1n) is 8.23. The number of para-hydroxylation sites is 1. The van der Waals surface area contributed by atoms with E-state index >= 15 is 0 Å². The number of esters is 2. The molecule has 2 aromatic carbocycles. The molecular weight excluding hydrogens is 336 g/mol. The number of benzene rings is 2. The standard InChI is InChI=1S/C20H20O6/c1-12(21)24-15-10-8-14(9-11-15)18-20(25-13(2)22)19(23-3)16-6-4-5-7-17(16)26-18/h4-11,18-20H,1-3H3/t18-,19-,20-/m1/s1. The number of hydrogen-bond acceptors (Lipinski definition) is 6. The smallest absolute Gasteiger partial charge is 0.308 e. The Morgan fingerprint density at radius 2 is 1.65 bits per heavy atom. The van der Waals surface area contributed by atoms with Gasteiger partial charge < -0.3 is 18.9 Å². The predicted molar refractivity (Wildman–Crippen MR) is 92.9 cm³/mol. The molecule has 6 nitrogen and oxygen atoms in total. The zero-order chi connectivity index (χ0) is 18.7. The molecule has 0 fully saturated rings.